The molecule has 0 aliphatic rings. The number of anilines is 2. The highest BCUT2D eigenvalue weighted by atomic mass is 35.5. The van der Waals surface area contributed by atoms with E-state index in [1.807, 2.05) is 0 Å². The molecule has 0 spiro atoms. The monoisotopic (exact) mass is 278 g/mol. The third-order valence-electron chi connectivity index (χ3n) is 2.70. The summed E-state index contributed by atoms with van der Waals surface area (Å²) >= 11 is 5.93. The largest absolute Gasteiger partial charge is 0.398 e. The highest BCUT2D eigenvalue weighted by Crippen LogP contribution is 2.23. The molecule has 2 rings (SSSR count). The molecule has 3 N–H and O–H groups in total. The molecule has 2 aromatic carbocycles. The first-order chi connectivity index (χ1) is 8.99. The van der Waals surface area contributed by atoms with Crippen molar-refractivity contribution < 1.29 is 9.18 Å². The molecule has 0 bridgehead atoms. The molecule has 1 amide bonds. The molecule has 0 atom stereocenters. The van der Waals surface area contributed by atoms with Crippen molar-refractivity contribution in [1.29, 1.82) is 0 Å². The number of benzene rings is 2. The summed E-state index contributed by atoms with van der Waals surface area (Å²) in [5.74, 6) is -0.851. The second-order valence-corrected chi connectivity index (χ2v) is 4.53. The van der Waals surface area contributed by atoms with Gasteiger partial charge in [-0.2, -0.15) is 0 Å². The van der Waals surface area contributed by atoms with Crippen LogP contribution >= 0.6 is 11.6 Å². The Balaban J connectivity index is 2.28. The second-order valence-electron chi connectivity index (χ2n) is 4.12. The van der Waals surface area contributed by atoms with Gasteiger partial charge in [-0.1, -0.05) is 23.7 Å². The first kappa shape index (κ1) is 13.4. The summed E-state index contributed by atoms with van der Waals surface area (Å²) in [6, 6.07) is 9.25. The van der Waals surface area contributed by atoms with E-state index in [0.717, 1.165) is 0 Å². The van der Waals surface area contributed by atoms with Gasteiger partial charge in [-0.15, -0.1) is 0 Å². The van der Waals surface area contributed by atoms with E-state index < -0.39 is 5.91 Å². The number of rotatable bonds is 2. The van der Waals surface area contributed by atoms with Crippen molar-refractivity contribution in [3.05, 3.63) is 58.4 Å². The Kier molecular flexibility index (Phi) is 3.71. The number of nitrogens with two attached hydrogens (primary N) is 1. The first-order valence-electron chi connectivity index (χ1n) is 5.60. The van der Waals surface area contributed by atoms with Crippen molar-refractivity contribution in [3.8, 4) is 0 Å². The predicted molar refractivity (Wildman–Crippen MR) is 75.0 cm³/mol. The number of nitrogens with one attached hydrogen (secondary N) is 1. The lowest BCUT2D eigenvalue weighted by Crippen LogP contribution is -2.14. The van der Waals surface area contributed by atoms with Crippen LogP contribution < -0.4 is 11.1 Å². The van der Waals surface area contributed by atoms with Crippen LogP contribution in [0.4, 0.5) is 15.8 Å². The predicted octanol–water partition coefficient (Wildman–Crippen LogP) is 3.62. The van der Waals surface area contributed by atoms with Gasteiger partial charge in [-0.25, -0.2) is 4.39 Å². The van der Waals surface area contributed by atoms with Crippen LogP contribution in [0.15, 0.2) is 36.4 Å². The Hall–Kier alpha value is -2.07. The van der Waals surface area contributed by atoms with E-state index in [1.54, 1.807) is 37.3 Å². The van der Waals surface area contributed by atoms with E-state index in [1.165, 1.54) is 6.07 Å². The summed E-state index contributed by atoms with van der Waals surface area (Å²) in [5.41, 5.74) is 7.04. The zero-order valence-corrected chi connectivity index (χ0v) is 11.0. The van der Waals surface area contributed by atoms with Crippen molar-refractivity contribution >= 4 is 28.9 Å². The number of amides is 1. The third kappa shape index (κ3) is 2.85. The molecule has 3 nitrogen and oxygen atoms in total. The molecular weight excluding hydrogens is 267 g/mol. The summed E-state index contributed by atoms with van der Waals surface area (Å²) in [6.07, 6.45) is 0. The molecule has 2 aromatic rings. The molecule has 0 heterocycles. The molecule has 0 fully saturated rings. The van der Waals surface area contributed by atoms with Crippen LogP contribution in [0.1, 0.15) is 15.9 Å². The summed E-state index contributed by atoms with van der Waals surface area (Å²) in [6.45, 7) is 1.65. The van der Waals surface area contributed by atoms with Gasteiger partial charge in [0, 0.05) is 11.4 Å². The van der Waals surface area contributed by atoms with Crippen LogP contribution in [0.3, 0.4) is 0 Å². The second kappa shape index (κ2) is 5.28. The number of carbonyl (C=O) groups is 1. The van der Waals surface area contributed by atoms with E-state index in [9.17, 15) is 9.18 Å². The third-order valence-corrected chi connectivity index (χ3v) is 3.02. The van der Waals surface area contributed by atoms with Gasteiger partial charge in [0.15, 0.2) is 0 Å². The van der Waals surface area contributed by atoms with Crippen LogP contribution in [0.2, 0.25) is 5.02 Å². The van der Waals surface area contributed by atoms with E-state index in [-0.39, 0.29) is 22.1 Å². The van der Waals surface area contributed by atoms with Gasteiger partial charge in [0.05, 0.1) is 10.6 Å². The molecule has 0 aliphatic carbocycles. The summed E-state index contributed by atoms with van der Waals surface area (Å²) < 4.78 is 13.4. The molecule has 0 aliphatic heterocycles. The Morgan fingerprint density at radius 2 is 2.05 bits per heavy atom. The minimum atomic E-state index is -0.466. The van der Waals surface area contributed by atoms with Gasteiger partial charge in [0.25, 0.3) is 5.91 Å². The minimum absolute atomic E-state index is 0.185. The molecule has 0 aromatic heterocycles. The Bertz CT molecular complexity index is 623. The van der Waals surface area contributed by atoms with Gasteiger partial charge >= 0.3 is 0 Å². The molecular formula is C14H12ClFN2O. The van der Waals surface area contributed by atoms with Gasteiger partial charge in [-0.3, -0.25) is 4.79 Å². The SMILES string of the molecule is Cc1ccc(NC(=O)c2c(N)cccc2Cl)cc1F. The number of carbonyl (C=O) groups excluding carboxylic acids is 1. The van der Waals surface area contributed by atoms with E-state index in [4.69, 9.17) is 17.3 Å². The van der Waals surface area contributed by atoms with Gasteiger partial charge in [-0.05, 0) is 36.8 Å². The summed E-state index contributed by atoms with van der Waals surface area (Å²) in [5, 5.41) is 2.82. The fraction of sp³-hybridized carbons (Fsp3) is 0.0714. The summed E-state index contributed by atoms with van der Waals surface area (Å²) in [4.78, 5) is 12.1. The highest BCUT2D eigenvalue weighted by Gasteiger charge is 2.14. The number of nitrogen functional groups attached to an aromatic ring is 1. The Labute approximate surface area is 115 Å². The topological polar surface area (TPSA) is 55.1 Å². The van der Waals surface area contributed by atoms with Crippen LogP contribution in [-0.2, 0) is 0 Å². The van der Waals surface area contributed by atoms with Crippen molar-refractivity contribution in [3.63, 3.8) is 0 Å². The maximum Gasteiger partial charge on any atom is 0.259 e. The number of hydrogen-bond acceptors (Lipinski definition) is 2. The Morgan fingerprint density at radius 3 is 2.68 bits per heavy atom. The van der Waals surface area contributed by atoms with Crippen molar-refractivity contribution in [1.82, 2.24) is 0 Å². The number of aryl methyl sites for hydroxylation is 1. The molecule has 0 saturated heterocycles. The standard InChI is InChI=1S/C14H12ClFN2O/c1-8-5-6-9(7-11(8)16)18-14(19)13-10(15)3-2-4-12(13)17/h2-7H,17H2,1H3,(H,18,19). The molecule has 98 valence electrons. The number of hydrogen-bond donors (Lipinski definition) is 2. The molecule has 0 unspecified atom stereocenters. The zero-order valence-electron chi connectivity index (χ0n) is 10.2. The van der Waals surface area contributed by atoms with Crippen LogP contribution in [0, 0.1) is 12.7 Å². The van der Waals surface area contributed by atoms with Crippen LogP contribution in [0.5, 0.6) is 0 Å². The maximum absolute atomic E-state index is 13.4. The average Bonchev–Trinajstić information content (AvgIpc) is 2.33. The van der Waals surface area contributed by atoms with E-state index >= 15 is 0 Å². The van der Waals surface area contributed by atoms with Gasteiger partial charge in [0.1, 0.15) is 5.82 Å². The summed E-state index contributed by atoms with van der Waals surface area (Å²) in [7, 11) is 0. The quantitative estimate of drug-likeness (QED) is 0.824. The van der Waals surface area contributed by atoms with E-state index in [0.29, 0.717) is 11.3 Å². The molecule has 5 heteroatoms. The molecule has 0 radical (unpaired) electrons. The fourth-order valence-corrected chi connectivity index (χ4v) is 1.91. The van der Waals surface area contributed by atoms with E-state index in [2.05, 4.69) is 5.32 Å². The number of halogens is 2. The minimum Gasteiger partial charge on any atom is -0.398 e. The lowest BCUT2D eigenvalue weighted by molar-refractivity contribution is 0.102. The van der Waals surface area contributed by atoms with Gasteiger partial charge in [0.2, 0.25) is 0 Å². The van der Waals surface area contributed by atoms with Crippen LogP contribution in [0.25, 0.3) is 0 Å². The lowest BCUT2D eigenvalue weighted by atomic mass is 10.1. The molecule has 0 saturated carbocycles. The maximum atomic E-state index is 13.4. The van der Waals surface area contributed by atoms with Crippen LogP contribution in [-0.4, -0.2) is 5.91 Å². The average molecular weight is 279 g/mol. The lowest BCUT2D eigenvalue weighted by Gasteiger charge is -2.09. The van der Waals surface area contributed by atoms with Gasteiger partial charge < -0.3 is 11.1 Å². The highest BCUT2D eigenvalue weighted by molar-refractivity contribution is 6.35. The first-order valence-corrected chi connectivity index (χ1v) is 5.98. The zero-order chi connectivity index (χ0) is 14.0. The smallest absolute Gasteiger partial charge is 0.259 e. The van der Waals surface area contributed by atoms with Crippen molar-refractivity contribution in [2.24, 2.45) is 0 Å². The normalized spacial score (nSPS) is 10.3. The van der Waals surface area contributed by atoms with Crippen molar-refractivity contribution in [2.75, 3.05) is 11.1 Å². The fourth-order valence-electron chi connectivity index (χ4n) is 1.64. The Morgan fingerprint density at radius 1 is 1.32 bits per heavy atom. The van der Waals surface area contributed by atoms with Crippen molar-refractivity contribution in [2.45, 2.75) is 6.92 Å². The molecule has 19 heavy (non-hydrogen) atoms.